The Morgan fingerprint density at radius 2 is 1.68 bits per heavy atom. The molecule has 1 aliphatic rings. The lowest BCUT2D eigenvalue weighted by molar-refractivity contribution is 0.0695. The summed E-state index contributed by atoms with van der Waals surface area (Å²) in [6.45, 7) is 11.8. The summed E-state index contributed by atoms with van der Waals surface area (Å²) in [6, 6.07) is 4.64. The number of aryl methyl sites for hydroxylation is 3. The van der Waals surface area contributed by atoms with Gasteiger partial charge in [0.15, 0.2) is 0 Å². The van der Waals surface area contributed by atoms with E-state index in [4.69, 9.17) is 0 Å². The van der Waals surface area contributed by atoms with Gasteiger partial charge in [-0.25, -0.2) is 0 Å². The number of piperidine rings is 1. The molecule has 0 radical (unpaired) electrons. The van der Waals surface area contributed by atoms with E-state index in [1.165, 1.54) is 22.3 Å². The molecule has 0 saturated carbocycles. The molecule has 0 spiro atoms. The average molecular weight is 261 g/mol. The Kier molecular flexibility index (Phi) is 4.64. The van der Waals surface area contributed by atoms with Crippen LogP contribution in [0.1, 0.15) is 42.0 Å². The molecule has 106 valence electrons. The normalized spacial score (nSPS) is 19.6. The quantitative estimate of drug-likeness (QED) is 0.903. The van der Waals surface area contributed by atoms with E-state index in [-0.39, 0.29) is 6.10 Å². The van der Waals surface area contributed by atoms with Crippen LogP contribution >= 0.6 is 0 Å². The summed E-state index contributed by atoms with van der Waals surface area (Å²) in [4.78, 5) is 2.52. The highest BCUT2D eigenvalue weighted by atomic mass is 16.3. The van der Waals surface area contributed by atoms with Crippen LogP contribution in [0, 0.1) is 26.7 Å². The van der Waals surface area contributed by atoms with Crippen LogP contribution in [0.5, 0.6) is 0 Å². The molecule has 1 unspecified atom stereocenters. The van der Waals surface area contributed by atoms with E-state index in [9.17, 15) is 5.11 Å². The molecule has 1 aromatic rings. The zero-order valence-corrected chi connectivity index (χ0v) is 12.7. The highest BCUT2D eigenvalue weighted by Crippen LogP contribution is 2.23. The predicted molar refractivity (Wildman–Crippen MR) is 80.3 cm³/mol. The van der Waals surface area contributed by atoms with Gasteiger partial charge in [0.25, 0.3) is 0 Å². The zero-order chi connectivity index (χ0) is 14.0. The van der Waals surface area contributed by atoms with Crippen molar-refractivity contribution in [3.8, 4) is 0 Å². The first-order valence-electron chi connectivity index (χ1n) is 7.44. The summed E-state index contributed by atoms with van der Waals surface area (Å²) in [5.41, 5.74) is 5.63. The topological polar surface area (TPSA) is 23.5 Å². The van der Waals surface area contributed by atoms with Crippen LogP contribution in [0.15, 0.2) is 12.1 Å². The maximum Gasteiger partial charge on any atom is 0.0541 e. The van der Waals surface area contributed by atoms with E-state index >= 15 is 0 Å². The summed E-state index contributed by atoms with van der Waals surface area (Å²) in [6.07, 6.45) is 2.11. The van der Waals surface area contributed by atoms with Crippen molar-refractivity contribution in [3.63, 3.8) is 0 Å². The Bertz CT molecular complexity index is 431. The van der Waals surface area contributed by atoms with Crippen LogP contribution in [0.2, 0.25) is 0 Å². The summed E-state index contributed by atoms with van der Waals surface area (Å²) in [5, 5.41) is 9.65. The number of nitrogens with zero attached hydrogens (tertiary/aromatic N) is 1. The van der Waals surface area contributed by atoms with Crippen molar-refractivity contribution in [2.45, 2.75) is 53.2 Å². The van der Waals surface area contributed by atoms with Crippen LogP contribution < -0.4 is 0 Å². The van der Waals surface area contributed by atoms with Crippen molar-refractivity contribution in [1.29, 1.82) is 0 Å². The second kappa shape index (κ2) is 6.06. The molecule has 19 heavy (non-hydrogen) atoms. The van der Waals surface area contributed by atoms with Crippen LogP contribution in [-0.4, -0.2) is 29.2 Å². The Labute approximate surface area is 117 Å². The van der Waals surface area contributed by atoms with Gasteiger partial charge in [0.2, 0.25) is 0 Å². The van der Waals surface area contributed by atoms with Crippen molar-refractivity contribution >= 4 is 0 Å². The van der Waals surface area contributed by atoms with Gasteiger partial charge in [-0.05, 0) is 81.8 Å². The molecular weight excluding hydrogens is 234 g/mol. The van der Waals surface area contributed by atoms with Crippen LogP contribution in [0.3, 0.4) is 0 Å². The fourth-order valence-electron chi connectivity index (χ4n) is 3.03. The van der Waals surface area contributed by atoms with Crippen LogP contribution in [-0.2, 0) is 6.54 Å². The molecule has 2 heteroatoms. The lowest BCUT2D eigenvalue weighted by Crippen LogP contribution is -2.36. The monoisotopic (exact) mass is 261 g/mol. The van der Waals surface area contributed by atoms with Crippen molar-refractivity contribution in [3.05, 3.63) is 34.4 Å². The summed E-state index contributed by atoms with van der Waals surface area (Å²) < 4.78 is 0. The molecule has 1 heterocycles. The van der Waals surface area contributed by atoms with Gasteiger partial charge in [-0.1, -0.05) is 12.1 Å². The molecule has 2 rings (SSSR count). The highest BCUT2D eigenvalue weighted by Gasteiger charge is 2.22. The van der Waals surface area contributed by atoms with Crippen molar-refractivity contribution in [2.24, 2.45) is 5.92 Å². The van der Waals surface area contributed by atoms with E-state index in [1.54, 1.807) is 0 Å². The van der Waals surface area contributed by atoms with E-state index in [2.05, 4.69) is 37.8 Å². The van der Waals surface area contributed by atoms with Gasteiger partial charge < -0.3 is 5.11 Å². The SMILES string of the molecule is Cc1cc(C)c(CN2CCC(C(C)O)CC2)cc1C. The number of aliphatic hydroxyl groups is 1. The third-order valence-corrected chi connectivity index (χ3v) is 4.66. The van der Waals surface area contributed by atoms with Crippen molar-refractivity contribution in [1.82, 2.24) is 4.90 Å². The van der Waals surface area contributed by atoms with Gasteiger partial charge in [0.05, 0.1) is 6.10 Å². The van der Waals surface area contributed by atoms with Crippen molar-refractivity contribution < 1.29 is 5.11 Å². The summed E-state index contributed by atoms with van der Waals surface area (Å²) in [5.74, 6) is 0.497. The molecule has 1 aliphatic heterocycles. The molecule has 0 aliphatic carbocycles. The Morgan fingerprint density at radius 3 is 2.26 bits per heavy atom. The maximum absolute atomic E-state index is 9.65. The largest absolute Gasteiger partial charge is 0.393 e. The Hall–Kier alpha value is -0.860. The Balaban J connectivity index is 1.98. The smallest absolute Gasteiger partial charge is 0.0541 e. The average Bonchev–Trinajstić information content (AvgIpc) is 2.36. The minimum atomic E-state index is -0.148. The number of rotatable bonds is 3. The van der Waals surface area contributed by atoms with Gasteiger partial charge in [0, 0.05) is 6.54 Å². The minimum Gasteiger partial charge on any atom is -0.393 e. The minimum absolute atomic E-state index is 0.148. The van der Waals surface area contributed by atoms with E-state index in [0.29, 0.717) is 5.92 Å². The number of hydrogen-bond donors (Lipinski definition) is 1. The molecule has 0 amide bonds. The van der Waals surface area contributed by atoms with E-state index in [0.717, 1.165) is 32.5 Å². The molecule has 1 saturated heterocycles. The second-order valence-electron chi connectivity index (χ2n) is 6.22. The molecule has 0 aromatic heterocycles. The molecule has 2 nitrogen and oxygen atoms in total. The fraction of sp³-hybridized carbons (Fsp3) is 0.647. The third-order valence-electron chi connectivity index (χ3n) is 4.66. The number of benzene rings is 1. The second-order valence-corrected chi connectivity index (χ2v) is 6.22. The number of likely N-dealkylation sites (tertiary alicyclic amines) is 1. The fourth-order valence-corrected chi connectivity index (χ4v) is 3.03. The van der Waals surface area contributed by atoms with E-state index < -0.39 is 0 Å². The molecule has 1 aromatic carbocycles. The molecule has 1 atom stereocenters. The molecule has 0 bridgehead atoms. The first kappa shape index (κ1) is 14.5. The van der Waals surface area contributed by atoms with E-state index in [1.807, 2.05) is 6.92 Å². The number of aliphatic hydroxyl groups excluding tert-OH is 1. The summed E-state index contributed by atoms with van der Waals surface area (Å²) >= 11 is 0. The number of hydrogen-bond acceptors (Lipinski definition) is 2. The zero-order valence-electron chi connectivity index (χ0n) is 12.7. The van der Waals surface area contributed by atoms with Crippen LogP contribution in [0.4, 0.5) is 0 Å². The van der Waals surface area contributed by atoms with Gasteiger partial charge in [-0.15, -0.1) is 0 Å². The maximum atomic E-state index is 9.65. The lowest BCUT2D eigenvalue weighted by Gasteiger charge is -2.33. The Morgan fingerprint density at radius 1 is 1.11 bits per heavy atom. The molecular formula is C17H27NO. The van der Waals surface area contributed by atoms with Crippen LogP contribution in [0.25, 0.3) is 0 Å². The predicted octanol–water partition coefficient (Wildman–Crippen LogP) is 3.20. The van der Waals surface area contributed by atoms with Gasteiger partial charge in [-0.3, -0.25) is 4.90 Å². The standard InChI is InChI=1S/C17H27NO/c1-12-9-14(3)17(10-13(12)2)11-18-7-5-16(6-8-18)15(4)19/h9-10,15-16,19H,5-8,11H2,1-4H3. The van der Waals surface area contributed by atoms with Crippen molar-refractivity contribution in [2.75, 3.05) is 13.1 Å². The third kappa shape index (κ3) is 3.58. The first-order valence-corrected chi connectivity index (χ1v) is 7.44. The molecule has 1 fully saturated rings. The summed E-state index contributed by atoms with van der Waals surface area (Å²) in [7, 11) is 0. The van der Waals surface area contributed by atoms with Gasteiger partial charge in [0.1, 0.15) is 0 Å². The van der Waals surface area contributed by atoms with Gasteiger partial charge in [-0.2, -0.15) is 0 Å². The molecule has 1 N–H and O–H groups in total. The lowest BCUT2D eigenvalue weighted by atomic mass is 9.91. The first-order chi connectivity index (χ1) is 8.97. The van der Waals surface area contributed by atoms with Gasteiger partial charge >= 0.3 is 0 Å². The highest BCUT2D eigenvalue weighted by molar-refractivity contribution is 5.36.